The van der Waals surface area contributed by atoms with Crippen LogP contribution >= 0.6 is 0 Å². The Morgan fingerprint density at radius 1 is 1.24 bits per heavy atom. The molecule has 0 fully saturated rings. The summed E-state index contributed by atoms with van der Waals surface area (Å²) >= 11 is 0. The zero-order valence-electron chi connectivity index (χ0n) is 14.7. The van der Waals surface area contributed by atoms with Gasteiger partial charge < -0.3 is 9.84 Å². The highest BCUT2D eigenvalue weighted by atomic mass is 16.6. The molecule has 0 aliphatic carbocycles. The van der Waals surface area contributed by atoms with Gasteiger partial charge in [-0.3, -0.25) is 15.0 Å². The van der Waals surface area contributed by atoms with E-state index in [9.17, 15) is 14.7 Å². The molecule has 134 valence electrons. The van der Waals surface area contributed by atoms with Crippen molar-refractivity contribution in [3.8, 4) is 0 Å². The summed E-state index contributed by atoms with van der Waals surface area (Å²) in [6.07, 6.45) is 5.96. The van der Waals surface area contributed by atoms with Gasteiger partial charge in [0.05, 0.1) is 0 Å². The van der Waals surface area contributed by atoms with Crippen LogP contribution in [0.1, 0.15) is 26.3 Å². The van der Waals surface area contributed by atoms with Gasteiger partial charge in [-0.25, -0.2) is 4.79 Å². The van der Waals surface area contributed by atoms with Crippen LogP contribution in [0.2, 0.25) is 0 Å². The Labute approximate surface area is 147 Å². The second kappa shape index (κ2) is 7.98. The van der Waals surface area contributed by atoms with E-state index < -0.39 is 29.9 Å². The van der Waals surface area contributed by atoms with Gasteiger partial charge in [-0.1, -0.05) is 36.4 Å². The van der Waals surface area contributed by atoms with Crippen molar-refractivity contribution in [1.29, 1.82) is 0 Å². The summed E-state index contributed by atoms with van der Waals surface area (Å²) in [4.78, 5) is 25.4. The molecule has 0 aromatic heterocycles. The molecule has 1 amide bonds. The summed E-state index contributed by atoms with van der Waals surface area (Å²) in [6.45, 7) is 5.35. The van der Waals surface area contributed by atoms with Crippen LogP contribution in [0, 0.1) is 0 Å². The number of carboxylic acids is 1. The number of hydrogen-bond acceptors (Lipinski definition) is 4. The van der Waals surface area contributed by atoms with Gasteiger partial charge in [-0.15, -0.1) is 0 Å². The second-order valence-electron chi connectivity index (χ2n) is 6.81. The smallest absolute Gasteiger partial charge is 0.415 e. The highest BCUT2D eigenvalue weighted by Gasteiger charge is 2.30. The SMILES string of the molecule is CC(C)(C)OC(=O)N1C=CC=C[C@@H]1NC(Cc1ccccc1)C(=O)O. The third-order valence-corrected chi connectivity index (χ3v) is 3.51. The van der Waals surface area contributed by atoms with Crippen LogP contribution in [0.15, 0.2) is 54.8 Å². The lowest BCUT2D eigenvalue weighted by Gasteiger charge is -2.33. The summed E-state index contributed by atoms with van der Waals surface area (Å²) in [5, 5.41) is 12.5. The van der Waals surface area contributed by atoms with Crippen LogP contribution in [0.4, 0.5) is 4.79 Å². The summed E-state index contributed by atoms with van der Waals surface area (Å²) in [5.74, 6) is -0.976. The molecule has 1 aromatic carbocycles. The topological polar surface area (TPSA) is 78.9 Å². The van der Waals surface area contributed by atoms with E-state index >= 15 is 0 Å². The molecule has 0 spiro atoms. The molecular weight excluding hydrogens is 320 g/mol. The number of benzene rings is 1. The van der Waals surface area contributed by atoms with Gasteiger partial charge in [0, 0.05) is 6.20 Å². The number of carbonyl (C=O) groups excluding carboxylic acids is 1. The van der Waals surface area contributed by atoms with Crippen LogP contribution in [0.25, 0.3) is 0 Å². The number of nitrogens with one attached hydrogen (secondary N) is 1. The minimum atomic E-state index is -0.976. The largest absolute Gasteiger partial charge is 0.480 e. The number of carboxylic acid groups (broad SMARTS) is 1. The molecule has 2 N–H and O–H groups in total. The van der Waals surface area contributed by atoms with Crippen molar-refractivity contribution in [1.82, 2.24) is 10.2 Å². The predicted octanol–water partition coefficient (Wildman–Crippen LogP) is 2.92. The molecular formula is C19H24N2O4. The number of aliphatic carboxylic acids is 1. The Morgan fingerprint density at radius 3 is 2.52 bits per heavy atom. The number of hydrogen-bond donors (Lipinski definition) is 2. The number of rotatable bonds is 5. The van der Waals surface area contributed by atoms with Crippen LogP contribution in [-0.2, 0) is 16.0 Å². The fourth-order valence-corrected chi connectivity index (χ4v) is 2.40. The molecule has 0 saturated carbocycles. The van der Waals surface area contributed by atoms with Gasteiger partial charge in [-0.05, 0) is 44.9 Å². The minimum absolute atomic E-state index is 0.312. The highest BCUT2D eigenvalue weighted by molar-refractivity contribution is 5.74. The first-order valence-electron chi connectivity index (χ1n) is 8.15. The van der Waals surface area contributed by atoms with Crippen LogP contribution in [0.5, 0.6) is 0 Å². The van der Waals surface area contributed by atoms with Crippen LogP contribution < -0.4 is 5.32 Å². The molecule has 1 unspecified atom stereocenters. The lowest BCUT2D eigenvalue weighted by molar-refractivity contribution is -0.139. The monoisotopic (exact) mass is 344 g/mol. The molecule has 6 nitrogen and oxygen atoms in total. The van der Waals surface area contributed by atoms with Crippen molar-refractivity contribution >= 4 is 12.1 Å². The molecule has 2 rings (SSSR count). The van der Waals surface area contributed by atoms with Crippen LogP contribution in [0.3, 0.4) is 0 Å². The molecule has 1 heterocycles. The normalized spacial score (nSPS) is 18.0. The minimum Gasteiger partial charge on any atom is -0.480 e. The molecule has 0 bridgehead atoms. The second-order valence-corrected chi connectivity index (χ2v) is 6.81. The third kappa shape index (κ3) is 5.76. The van der Waals surface area contributed by atoms with E-state index in [0.29, 0.717) is 6.42 Å². The number of allylic oxidation sites excluding steroid dienone is 2. The van der Waals surface area contributed by atoms with Gasteiger partial charge in [-0.2, -0.15) is 0 Å². The lowest BCUT2D eigenvalue weighted by Crippen LogP contribution is -2.53. The van der Waals surface area contributed by atoms with E-state index in [4.69, 9.17) is 4.74 Å². The number of amides is 1. The van der Waals surface area contributed by atoms with Gasteiger partial charge in [0.1, 0.15) is 17.8 Å². The Bertz CT molecular complexity index is 662. The van der Waals surface area contributed by atoms with E-state index in [1.807, 2.05) is 30.3 Å². The molecule has 1 aromatic rings. The standard InChI is InChI=1S/C19H24N2O4/c1-19(2,3)25-18(24)21-12-8-7-11-16(21)20-15(17(22)23)13-14-9-5-4-6-10-14/h4-12,15-16,20H,13H2,1-3H3,(H,22,23)/t15?,16-/m1/s1. The number of carbonyl (C=O) groups is 2. The summed E-state index contributed by atoms with van der Waals surface area (Å²) < 4.78 is 5.38. The van der Waals surface area contributed by atoms with Gasteiger partial charge in [0.15, 0.2) is 0 Å². The van der Waals surface area contributed by atoms with Gasteiger partial charge in [0.25, 0.3) is 0 Å². The van der Waals surface area contributed by atoms with Crippen molar-refractivity contribution in [2.75, 3.05) is 0 Å². The summed E-state index contributed by atoms with van der Waals surface area (Å²) in [6, 6.07) is 8.52. The van der Waals surface area contributed by atoms with Crippen LogP contribution in [-0.4, -0.2) is 39.9 Å². The van der Waals surface area contributed by atoms with Crippen molar-refractivity contribution < 1.29 is 19.4 Å². The zero-order chi connectivity index (χ0) is 18.4. The van der Waals surface area contributed by atoms with Crippen molar-refractivity contribution in [2.45, 2.75) is 45.0 Å². The Morgan fingerprint density at radius 2 is 1.92 bits per heavy atom. The molecule has 0 radical (unpaired) electrons. The Hall–Kier alpha value is -2.60. The maximum absolute atomic E-state index is 12.4. The Balaban J connectivity index is 2.10. The van der Waals surface area contributed by atoms with Crippen molar-refractivity contribution in [3.63, 3.8) is 0 Å². The lowest BCUT2D eigenvalue weighted by atomic mass is 10.1. The number of ether oxygens (including phenoxy) is 1. The van der Waals surface area contributed by atoms with E-state index in [2.05, 4.69) is 5.32 Å². The predicted molar refractivity (Wildman–Crippen MR) is 94.8 cm³/mol. The average molecular weight is 344 g/mol. The van der Waals surface area contributed by atoms with E-state index in [-0.39, 0.29) is 0 Å². The molecule has 1 aliphatic heterocycles. The highest BCUT2D eigenvalue weighted by Crippen LogP contribution is 2.15. The molecule has 0 saturated heterocycles. The van der Waals surface area contributed by atoms with E-state index in [1.165, 1.54) is 4.90 Å². The van der Waals surface area contributed by atoms with Gasteiger partial charge in [0.2, 0.25) is 0 Å². The first-order chi connectivity index (χ1) is 11.8. The first kappa shape index (κ1) is 18.7. The first-order valence-corrected chi connectivity index (χ1v) is 8.15. The number of nitrogens with zero attached hydrogens (tertiary/aromatic N) is 1. The molecule has 1 aliphatic rings. The maximum atomic E-state index is 12.4. The summed E-state index contributed by atoms with van der Waals surface area (Å²) in [5.41, 5.74) is 0.272. The third-order valence-electron chi connectivity index (χ3n) is 3.51. The summed E-state index contributed by atoms with van der Waals surface area (Å²) in [7, 11) is 0. The van der Waals surface area contributed by atoms with Crippen molar-refractivity contribution in [3.05, 3.63) is 60.3 Å². The maximum Gasteiger partial charge on any atom is 0.415 e. The zero-order valence-corrected chi connectivity index (χ0v) is 14.7. The van der Waals surface area contributed by atoms with E-state index in [1.54, 1.807) is 45.2 Å². The van der Waals surface area contributed by atoms with E-state index in [0.717, 1.165) is 5.56 Å². The molecule has 6 heteroatoms. The fraction of sp³-hybridized carbons (Fsp3) is 0.368. The van der Waals surface area contributed by atoms with Crippen molar-refractivity contribution in [2.24, 2.45) is 0 Å². The molecule has 2 atom stereocenters. The average Bonchev–Trinajstić information content (AvgIpc) is 2.54. The Kier molecular flexibility index (Phi) is 5.98. The quantitative estimate of drug-likeness (QED) is 0.859. The van der Waals surface area contributed by atoms with Gasteiger partial charge >= 0.3 is 12.1 Å². The molecule has 25 heavy (non-hydrogen) atoms. The fourth-order valence-electron chi connectivity index (χ4n) is 2.40.